The topological polar surface area (TPSA) is 43.8 Å². The fraction of sp³-hybridized carbons (Fsp3) is 0.250. The Labute approximate surface area is 112 Å². The van der Waals surface area contributed by atoms with Crippen LogP contribution in [-0.2, 0) is 12.6 Å². The van der Waals surface area contributed by atoms with Gasteiger partial charge >= 0.3 is 6.18 Å². The minimum absolute atomic E-state index is 0.391. The van der Waals surface area contributed by atoms with Gasteiger partial charge in [-0.1, -0.05) is 17.7 Å². The Morgan fingerprint density at radius 2 is 2.05 bits per heavy atom. The Morgan fingerprint density at radius 1 is 1.32 bits per heavy atom. The molecule has 0 bridgehead atoms. The molecule has 19 heavy (non-hydrogen) atoms. The predicted octanol–water partition coefficient (Wildman–Crippen LogP) is 3.05. The zero-order valence-corrected chi connectivity index (χ0v) is 10.5. The molecular formula is C12H11ClF3N3. The zero-order chi connectivity index (χ0) is 14.0. The molecule has 2 aromatic rings. The molecule has 0 aliphatic carbocycles. The molecule has 0 unspecified atom stereocenters. The van der Waals surface area contributed by atoms with Crippen molar-refractivity contribution in [3.63, 3.8) is 0 Å². The Balaban J connectivity index is 2.46. The van der Waals surface area contributed by atoms with E-state index in [0.29, 0.717) is 23.7 Å². The summed E-state index contributed by atoms with van der Waals surface area (Å²) in [6, 6.07) is 4.98. The van der Waals surface area contributed by atoms with E-state index >= 15 is 0 Å². The first-order chi connectivity index (χ1) is 8.91. The lowest BCUT2D eigenvalue weighted by atomic mass is 10.1. The Kier molecular flexibility index (Phi) is 3.82. The van der Waals surface area contributed by atoms with Gasteiger partial charge in [0.25, 0.3) is 0 Å². The normalized spacial score (nSPS) is 11.8. The maximum Gasteiger partial charge on any atom is 0.419 e. The van der Waals surface area contributed by atoms with Crippen molar-refractivity contribution in [2.24, 2.45) is 5.73 Å². The van der Waals surface area contributed by atoms with Crippen LogP contribution in [0.1, 0.15) is 11.1 Å². The molecule has 1 aromatic carbocycles. The van der Waals surface area contributed by atoms with Crippen molar-refractivity contribution < 1.29 is 13.2 Å². The van der Waals surface area contributed by atoms with Gasteiger partial charge in [-0.15, -0.1) is 0 Å². The molecule has 0 radical (unpaired) electrons. The van der Waals surface area contributed by atoms with E-state index in [9.17, 15) is 13.2 Å². The van der Waals surface area contributed by atoms with E-state index in [1.807, 2.05) is 0 Å². The summed E-state index contributed by atoms with van der Waals surface area (Å²) in [7, 11) is 0. The predicted molar refractivity (Wildman–Crippen MR) is 66.3 cm³/mol. The third kappa shape index (κ3) is 3.08. The number of halogens is 4. The van der Waals surface area contributed by atoms with E-state index in [4.69, 9.17) is 17.3 Å². The number of alkyl halides is 3. The van der Waals surface area contributed by atoms with E-state index in [-0.39, 0.29) is 0 Å². The summed E-state index contributed by atoms with van der Waals surface area (Å²) in [5.41, 5.74) is 5.98. The summed E-state index contributed by atoms with van der Waals surface area (Å²) >= 11 is 5.87. The third-order valence-electron chi connectivity index (χ3n) is 2.62. The molecule has 0 spiro atoms. The lowest BCUT2D eigenvalue weighted by Crippen LogP contribution is -2.07. The SMILES string of the molecule is NCCc1ccc(Cl)cc1-n1cc(C(F)(F)F)cn1. The van der Waals surface area contributed by atoms with Crippen LogP contribution in [0.15, 0.2) is 30.6 Å². The number of rotatable bonds is 3. The van der Waals surface area contributed by atoms with Gasteiger partial charge in [0.2, 0.25) is 0 Å². The molecule has 0 aliphatic heterocycles. The van der Waals surface area contributed by atoms with E-state index < -0.39 is 11.7 Å². The van der Waals surface area contributed by atoms with E-state index in [2.05, 4.69) is 5.10 Å². The highest BCUT2D eigenvalue weighted by molar-refractivity contribution is 6.30. The minimum atomic E-state index is -4.41. The lowest BCUT2D eigenvalue weighted by molar-refractivity contribution is -0.137. The molecule has 1 aromatic heterocycles. The number of aromatic nitrogens is 2. The molecular weight excluding hydrogens is 279 g/mol. The van der Waals surface area contributed by atoms with Crippen LogP contribution < -0.4 is 5.73 Å². The number of nitrogens with zero attached hydrogens (tertiary/aromatic N) is 2. The van der Waals surface area contributed by atoms with Gasteiger partial charge in [-0.2, -0.15) is 18.3 Å². The highest BCUT2D eigenvalue weighted by Crippen LogP contribution is 2.30. The maximum absolute atomic E-state index is 12.5. The van der Waals surface area contributed by atoms with Gasteiger partial charge in [0.15, 0.2) is 0 Å². The second kappa shape index (κ2) is 5.22. The molecule has 2 rings (SSSR count). The third-order valence-corrected chi connectivity index (χ3v) is 2.85. The average molecular weight is 290 g/mol. The quantitative estimate of drug-likeness (QED) is 0.944. The van der Waals surface area contributed by atoms with Crippen LogP contribution in [0.2, 0.25) is 5.02 Å². The van der Waals surface area contributed by atoms with E-state index in [1.54, 1.807) is 18.2 Å². The zero-order valence-electron chi connectivity index (χ0n) is 9.78. The fourth-order valence-corrected chi connectivity index (χ4v) is 1.88. The summed E-state index contributed by atoms with van der Waals surface area (Å²) in [6.07, 6.45) is -2.16. The average Bonchev–Trinajstić information content (AvgIpc) is 2.80. The van der Waals surface area contributed by atoms with Crippen molar-refractivity contribution in [2.75, 3.05) is 6.54 Å². The maximum atomic E-state index is 12.5. The lowest BCUT2D eigenvalue weighted by Gasteiger charge is -2.09. The van der Waals surface area contributed by atoms with E-state index in [0.717, 1.165) is 18.0 Å². The van der Waals surface area contributed by atoms with Crippen molar-refractivity contribution >= 4 is 11.6 Å². The van der Waals surface area contributed by atoms with Crippen molar-refractivity contribution in [1.82, 2.24) is 9.78 Å². The van der Waals surface area contributed by atoms with Crippen molar-refractivity contribution in [3.05, 3.63) is 46.7 Å². The highest BCUT2D eigenvalue weighted by Gasteiger charge is 2.32. The Bertz CT molecular complexity index is 578. The van der Waals surface area contributed by atoms with Crippen molar-refractivity contribution in [3.8, 4) is 5.69 Å². The molecule has 2 N–H and O–H groups in total. The molecule has 0 fully saturated rings. The van der Waals surface area contributed by atoms with Gasteiger partial charge in [0.1, 0.15) is 0 Å². The van der Waals surface area contributed by atoms with E-state index in [1.165, 1.54) is 4.68 Å². The largest absolute Gasteiger partial charge is 0.419 e. The number of nitrogens with two attached hydrogens (primary N) is 1. The molecule has 0 atom stereocenters. The summed E-state index contributed by atoms with van der Waals surface area (Å²) in [4.78, 5) is 0. The van der Waals surface area contributed by atoms with Gasteiger partial charge in [-0.05, 0) is 30.7 Å². The summed E-state index contributed by atoms with van der Waals surface area (Å²) in [5, 5.41) is 4.16. The van der Waals surface area contributed by atoms with Gasteiger partial charge in [-0.3, -0.25) is 0 Å². The van der Waals surface area contributed by atoms with Gasteiger partial charge < -0.3 is 5.73 Å². The fourth-order valence-electron chi connectivity index (χ4n) is 1.72. The summed E-state index contributed by atoms with van der Waals surface area (Å²) in [5.74, 6) is 0. The van der Waals surface area contributed by atoms with Crippen LogP contribution in [0.5, 0.6) is 0 Å². The van der Waals surface area contributed by atoms with Crippen LogP contribution >= 0.6 is 11.6 Å². The molecule has 1 heterocycles. The standard InChI is InChI=1S/C12H11ClF3N3/c13-10-2-1-8(3-4-17)11(5-10)19-7-9(6-18-19)12(14,15)16/h1-2,5-7H,3-4,17H2. The second-order valence-corrected chi connectivity index (χ2v) is 4.42. The first-order valence-electron chi connectivity index (χ1n) is 5.52. The van der Waals surface area contributed by atoms with Crippen molar-refractivity contribution in [1.29, 1.82) is 0 Å². The van der Waals surface area contributed by atoms with Gasteiger partial charge in [-0.25, -0.2) is 4.68 Å². The number of hydrogen-bond donors (Lipinski definition) is 1. The molecule has 7 heteroatoms. The van der Waals surface area contributed by atoms with Crippen LogP contribution in [0.25, 0.3) is 5.69 Å². The number of hydrogen-bond acceptors (Lipinski definition) is 2. The first kappa shape index (κ1) is 13.9. The molecule has 3 nitrogen and oxygen atoms in total. The molecule has 0 aliphatic rings. The summed E-state index contributed by atoms with van der Waals surface area (Å²) in [6.45, 7) is 0.391. The summed E-state index contributed by atoms with van der Waals surface area (Å²) < 4.78 is 38.8. The van der Waals surface area contributed by atoms with Crippen LogP contribution in [-0.4, -0.2) is 16.3 Å². The van der Waals surface area contributed by atoms with Crippen LogP contribution in [0, 0.1) is 0 Å². The van der Waals surface area contributed by atoms with Gasteiger partial charge in [0.05, 0.1) is 17.4 Å². The van der Waals surface area contributed by atoms with Gasteiger partial charge in [0, 0.05) is 11.2 Å². The van der Waals surface area contributed by atoms with Crippen molar-refractivity contribution in [2.45, 2.75) is 12.6 Å². The molecule has 0 amide bonds. The molecule has 102 valence electrons. The first-order valence-corrected chi connectivity index (χ1v) is 5.90. The monoisotopic (exact) mass is 289 g/mol. The number of benzene rings is 1. The van der Waals surface area contributed by atoms with Crippen LogP contribution in [0.4, 0.5) is 13.2 Å². The minimum Gasteiger partial charge on any atom is -0.330 e. The second-order valence-electron chi connectivity index (χ2n) is 3.98. The molecule has 0 saturated carbocycles. The smallest absolute Gasteiger partial charge is 0.330 e. The highest BCUT2D eigenvalue weighted by atomic mass is 35.5. The molecule has 0 saturated heterocycles. The van der Waals surface area contributed by atoms with Crippen LogP contribution in [0.3, 0.4) is 0 Å². The Hall–Kier alpha value is -1.53. The Morgan fingerprint density at radius 3 is 2.63 bits per heavy atom.